The van der Waals surface area contributed by atoms with Gasteiger partial charge in [0.05, 0.1) is 0 Å². The van der Waals surface area contributed by atoms with E-state index in [1.54, 1.807) is 0 Å². The van der Waals surface area contributed by atoms with Crippen molar-refractivity contribution in [2.45, 2.75) is 32.6 Å². The molecule has 3 atom stereocenters. The van der Waals surface area contributed by atoms with Crippen LogP contribution in [0.4, 0.5) is 13.2 Å². The smallest absolute Gasteiger partial charge is 0.162 e. The fraction of sp³-hybridized carbons (Fsp3) is 0.500. The summed E-state index contributed by atoms with van der Waals surface area (Å²) < 4.78 is 42.0. The van der Waals surface area contributed by atoms with Crippen LogP contribution in [0.1, 0.15) is 32.6 Å². The summed E-state index contributed by atoms with van der Waals surface area (Å²) in [4.78, 5) is 0. The minimum absolute atomic E-state index is 0.0134. The van der Waals surface area contributed by atoms with Crippen molar-refractivity contribution in [1.29, 1.82) is 0 Å². The molecule has 3 aliphatic carbocycles. The highest BCUT2D eigenvalue weighted by Gasteiger charge is 2.44. The van der Waals surface area contributed by atoms with Crippen LogP contribution in [-0.4, -0.2) is 0 Å². The van der Waals surface area contributed by atoms with E-state index >= 15 is 0 Å². The predicted octanol–water partition coefficient (Wildman–Crippen LogP) is 5.31. The van der Waals surface area contributed by atoms with E-state index in [1.165, 1.54) is 6.08 Å². The van der Waals surface area contributed by atoms with Gasteiger partial charge in [-0.1, -0.05) is 25.5 Å². The molecule has 0 radical (unpaired) electrons. The van der Waals surface area contributed by atoms with E-state index in [0.29, 0.717) is 24.0 Å². The van der Waals surface area contributed by atoms with Crippen LogP contribution in [0.25, 0.3) is 0 Å². The molecular weight excluding hydrogens is 249 g/mol. The Bertz CT molecular complexity index is 522. The molecule has 0 saturated carbocycles. The summed E-state index contributed by atoms with van der Waals surface area (Å²) in [7, 11) is 0. The third kappa shape index (κ3) is 1.90. The average molecular weight is 266 g/mol. The molecule has 0 saturated heterocycles. The average Bonchev–Trinajstić information content (AvgIpc) is 2.77. The van der Waals surface area contributed by atoms with E-state index in [2.05, 4.69) is 0 Å². The SMILES string of the molecule is CCCCC1=C(F)CC2C=CC3C=C(F)C(F)=C1C32. The standard InChI is InChI=1S/C16H17F3/c1-2-3-4-11-12(17)7-9-5-6-10-8-13(18)16(19)15(11)14(9)10/h5-6,8-10,14H,2-4,7H2,1H3. The predicted molar refractivity (Wildman–Crippen MR) is 69.2 cm³/mol. The molecule has 102 valence electrons. The zero-order valence-corrected chi connectivity index (χ0v) is 10.9. The van der Waals surface area contributed by atoms with Gasteiger partial charge in [-0.3, -0.25) is 0 Å². The highest BCUT2D eigenvalue weighted by atomic mass is 19.2. The molecule has 0 aromatic rings. The van der Waals surface area contributed by atoms with Gasteiger partial charge in [0, 0.05) is 23.8 Å². The molecule has 0 amide bonds. The minimum atomic E-state index is -0.837. The quantitative estimate of drug-likeness (QED) is 0.607. The van der Waals surface area contributed by atoms with Gasteiger partial charge >= 0.3 is 0 Å². The first kappa shape index (κ1) is 12.8. The fourth-order valence-electron chi connectivity index (χ4n) is 3.51. The molecule has 3 heteroatoms. The Morgan fingerprint density at radius 1 is 1.21 bits per heavy atom. The molecule has 3 rings (SSSR count). The van der Waals surface area contributed by atoms with Gasteiger partial charge in [-0.25, -0.2) is 13.2 Å². The van der Waals surface area contributed by atoms with Gasteiger partial charge in [0.25, 0.3) is 0 Å². The molecule has 0 nitrogen and oxygen atoms in total. The summed E-state index contributed by atoms with van der Waals surface area (Å²) in [5, 5.41) is 0. The van der Waals surface area contributed by atoms with Gasteiger partial charge < -0.3 is 0 Å². The lowest BCUT2D eigenvalue weighted by molar-refractivity contribution is 0.345. The second kappa shape index (κ2) is 4.69. The molecule has 3 aliphatic rings. The van der Waals surface area contributed by atoms with Crippen LogP contribution in [0.5, 0.6) is 0 Å². The van der Waals surface area contributed by atoms with Gasteiger partial charge in [0.1, 0.15) is 5.83 Å². The molecule has 0 spiro atoms. The maximum Gasteiger partial charge on any atom is 0.162 e. The van der Waals surface area contributed by atoms with Crippen molar-refractivity contribution >= 4 is 0 Å². The van der Waals surface area contributed by atoms with Gasteiger partial charge in [-0.2, -0.15) is 0 Å². The zero-order chi connectivity index (χ0) is 13.6. The summed E-state index contributed by atoms with van der Waals surface area (Å²) in [5.74, 6) is -2.13. The van der Waals surface area contributed by atoms with Crippen LogP contribution >= 0.6 is 0 Å². The van der Waals surface area contributed by atoms with Crippen molar-refractivity contribution in [3.05, 3.63) is 46.9 Å². The second-order valence-electron chi connectivity index (χ2n) is 5.59. The van der Waals surface area contributed by atoms with Crippen molar-refractivity contribution in [1.82, 2.24) is 0 Å². The summed E-state index contributed by atoms with van der Waals surface area (Å²) in [6.45, 7) is 2.01. The summed E-state index contributed by atoms with van der Waals surface area (Å²) >= 11 is 0. The van der Waals surface area contributed by atoms with Crippen molar-refractivity contribution in [3.63, 3.8) is 0 Å². The summed E-state index contributed by atoms with van der Waals surface area (Å²) in [5.41, 5.74) is 0.731. The van der Waals surface area contributed by atoms with Crippen molar-refractivity contribution in [2.75, 3.05) is 0 Å². The van der Waals surface area contributed by atoms with E-state index in [9.17, 15) is 13.2 Å². The Balaban J connectivity index is 2.08. The first-order chi connectivity index (χ1) is 9.13. The number of halogens is 3. The van der Waals surface area contributed by atoms with Crippen LogP contribution < -0.4 is 0 Å². The van der Waals surface area contributed by atoms with Crippen molar-refractivity contribution in [2.24, 2.45) is 17.8 Å². The van der Waals surface area contributed by atoms with Gasteiger partial charge in [0.15, 0.2) is 11.7 Å². The molecule has 0 N–H and O–H groups in total. The van der Waals surface area contributed by atoms with Crippen LogP contribution in [0, 0.1) is 17.8 Å². The van der Waals surface area contributed by atoms with Gasteiger partial charge in [-0.15, -0.1) is 0 Å². The van der Waals surface area contributed by atoms with Gasteiger partial charge in [-0.05, 0) is 30.4 Å². The van der Waals surface area contributed by atoms with Crippen LogP contribution in [0.3, 0.4) is 0 Å². The van der Waals surface area contributed by atoms with Gasteiger partial charge in [0.2, 0.25) is 0 Å². The normalized spacial score (nSPS) is 32.8. The summed E-state index contributed by atoms with van der Waals surface area (Å²) in [6, 6.07) is 0. The molecule has 0 aromatic carbocycles. The number of allylic oxidation sites excluding steroid dienone is 8. The van der Waals surface area contributed by atoms with E-state index in [1.807, 2.05) is 19.1 Å². The molecule has 0 bridgehead atoms. The lowest BCUT2D eigenvalue weighted by atomic mass is 9.69. The van der Waals surface area contributed by atoms with E-state index in [4.69, 9.17) is 0 Å². The number of rotatable bonds is 3. The largest absolute Gasteiger partial charge is 0.211 e. The zero-order valence-electron chi connectivity index (χ0n) is 10.9. The Kier molecular flexibility index (Phi) is 3.15. The first-order valence-corrected chi connectivity index (χ1v) is 6.97. The number of unbranched alkanes of at least 4 members (excludes halogenated alkanes) is 1. The van der Waals surface area contributed by atoms with Crippen molar-refractivity contribution in [3.8, 4) is 0 Å². The Morgan fingerprint density at radius 2 is 2.00 bits per heavy atom. The van der Waals surface area contributed by atoms with E-state index in [0.717, 1.165) is 12.8 Å². The number of hydrogen-bond donors (Lipinski definition) is 0. The maximum atomic E-state index is 14.2. The highest BCUT2D eigenvalue weighted by molar-refractivity contribution is 5.51. The lowest BCUT2D eigenvalue weighted by Gasteiger charge is -2.35. The molecule has 0 aliphatic heterocycles. The fourth-order valence-corrected chi connectivity index (χ4v) is 3.51. The third-order valence-electron chi connectivity index (χ3n) is 4.42. The molecule has 0 fully saturated rings. The Morgan fingerprint density at radius 3 is 2.74 bits per heavy atom. The summed E-state index contributed by atoms with van der Waals surface area (Å²) in [6.07, 6.45) is 7.70. The molecule has 19 heavy (non-hydrogen) atoms. The van der Waals surface area contributed by atoms with Crippen LogP contribution in [0.2, 0.25) is 0 Å². The topological polar surface area (TPSA) is 0 Å². The Hall–Kier alpha value is -1.25. The monoisotopic (exact) mass is 266 g/mol. The van der Waals surface area contributed by atoms with E-state index in [-0.39, 0.29) is 23.6 Å². The minimum Gasteiger partial charge on any atom is -0.211 e. The van der Waals surface area contributed by atoms with Crippen LogP contribution in [0.15, 0.2) is 46.9 Å². The second-order valence-corrected chi connectivity index (χ2v) is 5.59. The lowest BCUT2D eigenvalue weighted by Crippen LogP contribution is -2.27. The molecule has 3 unspecified atom stereocenters. The van der Waals surface area contributed by atoms with Crippen molar-refractivity contribution < 1.29 is 13.2 Å². The van der Waals surface area contributed by atoms with Crippen LogP contribution in [-0.2, 0) is 0 Å². The highest BCUT2D eigenvalue weighted by Crippen LogP contribution is 2.53. The first-order valence-electron chi connectivity index (χ1n) is 6.97. The third-order valence-corrected chi connectivity index (χ3v) is 4.42. The number of hydrogen-bond acceptors (Lipinski definition) is 0. The molecule has 0 aromatic heterocycles. The Labute approximate surface area is 111 Å². The maximum absolute atomic E-state index is 14.2. The van der Waals surface area contributed by atoms with E-state index < -0.39 is 11.7 Å². The molecular formula is C16H17F3. The molecule has 0 heterocycles.